The van der Waals surface area contributed by atoms with Gasteiger partial charge in [0.05, 0.1) is 5.60 Å². The predicted molar refractivity (Wildman–Crippen MR) is 124 cm³/mol. The van der Waals surface area contributed by atoms with Gasteiger partial charge in [0, 0.05) is 18.0 Å². The van der Waals surface area contributed by atoms with Crippen LogP contribution in [0.2, 0.25) is 0 Å². The van der Waals surface area contributed by atoms with Gasteiger partial charge in [-0.2, -0.15) is 0 Å². The van der Waals surface area contributed by atoms with Crippen LogP contribution in [0.1, 0.15) is 74.8 Å². The summed E-state index contributed by atoms with van der Waals surface area (Å²) in [5.41, 5.74) is 4.40. The maximum atomic E-state index is 13.2. The van der Waals surface area contributed by atoms with Crippen molar-refractivity contribution in [2.75, 3.05) is 6.61 Å². The van der Waals surface area contributed by atoms with Crippen LogP contribution in [0.4, 0.5) is 4.79 Å². The van der Waals surface area contributed by atoms with E-state index < -0.39 is 5.60 Å². The molecule has 32 heavy (non-hydrogen) atoms. The van der Waals surface area contributed by atoms with Crippen LogP contribution in [0.3, 0.4) is 0 Å². The summed E-state index contributed by atoms with van der Waals surface area (Å²) < 4.78 is 5.98. The second-order valence-corrected chi connectivity index (χ2v) is 10.4. The third-order valence-electron chi connectivity index (χ3n) is 8.71. The SMILES string of the molecule is O=C(OCC1c2ccccc2-c2ccccc21)N1C2CCC1CC(O)(C1CCCCC1)C2. The summed E-state index contributed by atoms with van der Waals surface area (Å²) in [5.74, 6) is 0.497. The standard InChI is InChI=1S/C28H33NO3/c30-27(29-20-14-15-21(29)17-28(31,16-20)19-8-2-1-3-9-19)32-18-26-24-12-6-4-10-22(24)23-11-5-7-13-25(23)26/h4-7,10-13,19-21,26,31H,1-3,8-9,14-18H2. The lowest BCUT2D eigenvalue weighted by Crippen LogP contribution is -2.56. The van der Waals surface area contributed by atoms with Crippen molar-refractivity contribution in [3.05, 3.63) is 59.7 Å². The fraction of sp³-hybridized carbons (Fsp3) is 0.536. The third kappa shape index (κ3) is 3.26. The van der Waals surface area contributed by atoms with E-state index in [0.29, 0.717) is 12.5 Å². The molecule has 1 saturated carbocycles. The molecule has 4 nitrogen and oxygen atoms in total. The van der Waals surface area contributed by atoms with Crippen molar-refractivity contribution < 1.29 is 14.6 Å². The molecule has 2 aliphatic heterocycles. The average Bonchev–Trinajstić information content (AvgIpc) is 3.30. The van der Waals surface area contributed by atoms with Crippen LogP contribution in [0.25, 0.3) is 11.1 Å². The van der Waals surface area contributed by atoms with Gasteiger partial charge in [0.15, 0.2) is 0 Å². The number of rotatable bonds is 3. The molecule has 168 valence electrons. The normalized spacial score (nSPS) is 29.6. The summed E-state index contributed by atoms with van der Waals surface area (Å²) in [6.45, 7) is 0.371. The summed E-state index contributed by atoms with van der Waals surface area (Å²) in [7, 11) is 0. The number of benzene rings is 2. The van der Waals surface area contributed by atoms with Gasteiger partial charge in [0.25, 0.3) is 0 Å². The number of hydrogen-bond donors (Lipinski definition) is 1. The van der Waals surface area contributed by atoms with Gasteiger partial charge in [-0.15, -0.1) is 0 Å². The van der Waals surface area contributed by atoms with Crippen molar-refractivity contribution in [1.29, 1.82) is 0 Å². The molecule has 4 heteroatoms. The van der Waals surface area contributed by atoms with E-state index in [2.05, 4.69) is 48.5 Å². The van der Waals surface area contributed by atoms with E-state index in [-0.39, 0.29) is 24.1 Å². The fourth-order valence-corrected chi connectivity index (χ4v) is 7.20. The molecule has 3 fully saturated rings. The minimum Gasteiger partial charge on any atom is -0.448 e. The van der Waals surface area contributed by atoms with E-state index >= 15 is 0 Å². The molecule has 2 bridgehead atoms. The van der Waals surface area contributed by atoms with E-state index in [4.69, 9.17) is 4.74 Å². The number of fused-ring (bicyclic) bond motifs is 5. The maximum Gasteiger partial charge on any atom is 0.410 e. The molecule has 2 aliphatic carbocycles. The Morgan fingerprint density at radius 1 is 0.875 bits per heavy atom. The molecule has 1 N–H and O–H groups in total. The van der Waals surface area contributed by atoms with Crippen LogP contribution in [0.15, 0.2) is 48.5 Å². The Kier molecular flexibility index (Phi) is 5.02. The third-order valence-corrected chi connectivity index (χ3v) is 8.71. The highest BCUT2D eigenvalue weighted by Crippen LogP contribution is 2.48. The molecule has 2 saturated heterocycles. The molecular weight excluding hydrogens is 398 g/mol. The van der Waals surface area contributed by atoms with Gasteiger partial charge in [-0.1, -0.05) is 67.8 Å². The Balaban J connectivity index is 1.16. The molecule has 2 unspecified atom stereocenters. The highest BCUT2D eigenvalue weighted by Gasteiger charge is 2.52. The molecule has 6 rings (SSSR count). The molecule has 2 heterocycles. The largest absolute Gasteiger partial charge is 0.448 e. The summed E-state index contributed by atoms with van der Waals surface area (Å²) in [6, 6.07) is 17.2. The lowest BCUT2D eigenvalue weighted by atomic mass is 9.70. The topological polar surface area (TPSA) is 49.8 Å². The number of ether oxygens (including phenoxy) is 1. The monoisotopic (exact) mass is 431 g/mol. The number of piperidine rings is 1. The maximum absolute atomic E-state index is 13.2. The number of carbonyl (C=O) groups excluding carboxylic acids is 1. The van der Waals surface area contributed by atoms with Crippen LogP contribution in [0.5, 0.6) is 0 Å². The Labute approximate surface area is 190 Å². The molecule has 2 aromatic carbocycles. The lowest BCUT2D eigenvalue weighted by molar-refractivity contribution is -0.0954. The number of amides is 1. The Morgan fingerprint density at radius 2 is 1.44 bits per heavy atom. The van der Waals surface area contributed by atoms with Crippen molar-refractivity contribution in [1.82, 2.24) is 4.90 Å². The molecule has 0 radical (unpaired) electrons. The number of nitrogens with zero attached hydrogens (tertiary/aromatic N) is 1. The minimum absolute atomic E-state index is 0.0907. The smallest absolute Gasteiger partial charge is 0.410 e. The Morgan fingerprint density at radius 3 is 2.03 bits per heavy atom. The number of hydrogen-bond acceptors (Lipinski definition) is 3. The Bertz CT molecular complexity index is 952. The van der Waals surface area contributed by atoms with Crippen molar-refractivity contribution >= 4 is 6.09 Å². The second kappa shape index (κ2) is 7.91. The molecule has 1 amide bonds. The molecule has 4 aliphatic rings. The zero-order chi connectivity index (χ0) is 21.7. The van der Waals surface area contributed by atoms with E-state index in [1.54, 1.807) is 0 Å². The van der Waals surface area contributed by atoms with Crippen molar-refractivity contribution in [3.63, 3.8) is 0 Å². The van der Waals surface area contributed by atoms with Gasteiger partial charge in [0.1, 0.15) is 6.61 Å². The first-order valence-corrected chi connectivity index (χ1v) is 12.5. The first kappa shape index (κ1) is 20.3. The van der Waals surface area contributed by atoms with Gasteiger partial charge in [0.2, 0.25) is 0 Å². The van der Waals surface area contributed by atoms with Crippen molar-refractivity contribution in [3.8, 4) is 11.1 Å². The van der Waals surface area contributed by atoms with E-state index in [1.807, 2.05) is 4.90 Å². The first-order valence-electron chi connectivity index (χ1n) is 12.5. The van der Waals surface area contributed by atoms with Crippen molar-refractivity contribution in [2.24, 2.45) is 5.92 Å². The summed E-state index contributed by atoms with van der Waals surface area (Å²) >= 11 is 0. The van der Waals surface area contributed by atoms with Crippen LogP contribution in [0, 0.1) is 5.92 Å². The van der Waals surface area contributed by atoms with E-state index in [1.165, 1.54) is 41.5 Å². The quantitative estimate of drug-likeness (QED) is 0.661. The summed E-state index contributed by atoms with van der Waals surface area (Å²) in [5, 5.41) is 11.5. The molecule has 0 aromatic heterocycles. The van der Waals surface area contributed by atoms with Crippen LogP contribution in [-0.2, 0) is 4.74 Å². The van der Waals surface area contributed by atoms with Crippen LogP contribution in [-0.4, -0.2) is 40.4 Å². The second-order valence-electron chi connectivity index (χ2n) is 10.4. The summed E-state index contributed by atoms with van der Waals surface area (Å²) in [4.78, 5) is 15.2. The first-order chi connectivity index (χ1) is 15.6. The van der Waals surface area contributed by atoms with Gasteiger partial charge in [-0.05, 0) is 66.7 Å². The van der Waals surface area contributed by atoms with E-state index in [0.717, 1.165) is 38.5 Å². The van der Waals surface area contributed by atoms with Crippen LogP contribution < -0.4 is 0 Å². The fourth-order valence-electron chi connectivity index (χ4n) is 7.20. The lowest BCUT2D eigenvalue weighted by Gasteiger charge is -2.47. The molecular formula is C28H33NO3. The van der Waals surface area contributed by atoms with Crippen LogP contribution >= 0.6 is 0 Å². The molecule has 2 aromatic rings. The van der Waals surface area contributed by atoms with Gasteiger partial charge >= 0.3 is 6.09 Å². The highest BCUT2D eigenvalue weighted by molar-refractivity contribution is 5.79. The minimum atomic E-state index is -0.591. The zero-order valence-corrected chi connectivity index (χ0v) is 18.7. The Hall–Kier alpha value is -2.33. The molecule has 0 spiro atoms. The van der Waals surface area contributed by atoms with Gasteiger partial charge in [-0.25, -0.2) is 4.79 Å². The number of carbonyl (C=O) groups is 1. The molecule has 2 atom stereocenters. The zero-order valence-electron chi connectivity index (χ0n) is 18.7. The average molecular weight is 432 g/mol. The summed E-state index contributed by atoms with van der Waals surface area (Å²) in [6.07, 6.45) is 9.28. The van der Waals surface area contributed by atoms with Gasteiger partial charge < -0.3 is 14.7 Å². The predicted octanol–water partition coefficient (Wildman–Crippen LogP) is 5.87. The van der Waals surface area contributed by atoms with E-state index in [9.17, 15) is 9.90 Å². The van der Waals surface area contributed by atoms with Gasteiger partial charge in [-0.3, -0.25) is 0 Å². The number of aliphatic hydroxyl groups is 1. The highest BCUT2D eigenvalue weighted by atomic mass is 16.6. The van der Waals surface area contributed by atoms with Crippen molar-refractivity contribution in [2.45, 2.75) is 81.4 Å².